The minimum absolute atomic E-state index is 0.0409. The Balaban J connectivity index is 1.95. The zero-order valence-electron chi connectivity index (χ0n) is 12.2. The van der Waals surface area contributed by atoms with Crippen molar-refractivity contribution >= 4 is 23.8 Å². The Bertz CT molecular complexity index is 440. The number of nitrogens with zero attached hydrogens (tertiary/aromatic N) is 1. The number of rotatable bonds is 11. The van der Waals surface area contributed by atoms with Crippen LogP contribution in [-0.2, 0) is 28.7 Å². The Kier molecular flexibility index (Phi) is 7.84. The smallest absolute Gasteiger partial charge is 0.305 e. The molecule has 0 fully saturated rings. The molecule has 2 amide bonds. The minimum atomic E-state index is -0.882. The first-order valence-corrected chi connectivity index (χ1v) is 6.99. The summed E-state index contributed by atoms with van der Waals surface area (Å²) in [4.78, 5) is 45.1. The van der Waals surface area contributed by atoms with E-state index in [4.69, 9.17) is 14.6 Å². The maximum Gasteiger partial charge on any atom is 0.305 e. The third-order valence-electron chi connectivity index (χ3n) is 2.87. The topological polar surface area (TPSA) is 110 Å². The number of carbonyl (C=O) groups excluding carboxylic acids is 3. The minimum Gasteiger partial charge on any atom is -0.481 e. The van der Waals surface area contributed by atoms with Crippen molar-refractivity contribution in [2.24, 2.45) is 0 Å². The second-order valence-corrected chi connectivity index (χ2v) is 4.60. The number of carboxylic acids is 1. The van der Waals surface area contributed by atoms with E-state index >= 15 is 0 Å². The van der Waals surface area contributed by atoms with Gasteiger partial charge in [0, 0.05) is 25.0 Å². The normalized spacial score (nSPS) is 13.7. The number of ether oxygens (including phenoxy) is 2. The van der Waals surface area contributed by atoms with Crippen LogP contribution in [-0.4, -0.2) is 60.1 Å². The highest BCUT2D eigenvalue weighted by atomic mass is 16.6. The van der Waals surface area contributed by atoms with Gasteiger partial charge < -0.3 is 14.6 Å². The van der Waals surface area contributed by atoms with Crippen LogP contribution in [0, 0.1) is 0 Å². The molecule has 0 aromatic rings. The molecule has 0 bridgehead atoms. The average molecular weight is 313 g/mol. The lowest BCUT2D eigenvalue weighted by atomic mass is 10.2. The maximum absolute atomic E-state index is 11.3. The van der Waals surface area contributed by atoms with Gasteiger partial charge in [-0.1, -0.05) is 0 Å². The monoisotopic (exact) mass is 313 g/mol. The number of amides is 2. The molecule has 0 aromatic heterocycles. The first kappa shape index (κ1) is 17.8. The van der Waals surface area contributed by atoms with E-state index in [1.165, 1.54) is 12.2 Å². The molecule has 0 saturated carbocycles. The summed E-state index contributed by atoms with van der Waals surface area (Å²) >= 11 is 0. The van der Waals surface area contributed by atoms with E-state index in [0.717, 1.165) is 4.90 Å². The van der Waals surface area contributed by atoms with Crippen LogP contribution in [0.4, 0.5) is 0 Å². The summed E-state index contributed by atoms with van der Waals surface area (Å²) < 4.78 is 10.1. The number of unbranched alkanes of at least 4 members (excludes halogenated alkanes) is 1. The number of hydrogen-bond acceptors (Lipinski definition) is 6. The molecular weight excluding hydrogens is 294 g/mol. The van der Waals surface area contributed by atoms with Crippen LogP contribution >= 0.6 is 0 Å². The van der Waals surface area contributed by atoms with Crippen molar-refractivity contribution in [3.8, 4) is 0 Å². The van der Waals surface area contributed by atoms with Crippen LogP contribution in [0.5, 0.6) is 0 Å². The van der Waals surface area contributed by atoms with Crippen molar-refractivity contribution in [3.63, 3.8) is 0 Å². The number of esters is 1. The molecule has 1 heterocycles. The lowest BCUT2D eigenvalue weighted by Crippen LogP contribution is -2.33. The lowest BCUT2D eigenvalue weighted by molar-refractivity contribution is -0.145. The van der Waals surface area contributed by atoms with Gasteiger partial charge in [-0.15, -0.1) is 0 Å². The van der Waals surface area contributed by atoms with E-state index in [0.29, 0.717) is 12.8 Å². The van der Waals surface area contributed by atoms with E-state index in [1.54, 1.807) is 0 Å². The van der Waals surface area contributed by atoms with Crippen LogP contribution in [0.25, 0.3) is 0 Å². The quantitative estimate of drug-likeness (QED) is 0.327. The summed E-state index contributed by atoms with van der Waals surface area (Å²) in [5.74, 6) is -2.00. The van der Waals surface area contributed by atoms with E-state index < -0.39 is 11.9 Å². The SMILES string of the molecule is O=C(O)CCCCC(=O)OCCOCCN1C(=O)C=CC1=O. The van der Waals surface area contributed by atoms with Gasteiger partial charge in [0.05, 0.1) is 19.8 Å². The standard InChI is InChI=1S/C14H19NO7/c16-11-5-6-12(17)15(11)7-8-21-9-10-22-14(20)4-2-1-3-13(18)19/h5-6H,1-4,7-10H2,(H,18,19). The maximum atomic E-state index is 11.3. The van der Waals surface area contributed by atoms with Gasteiger partial charge in [-0.25, -0.2) is 0 Å². The van der Waals surface area contributed by atoms with Gasteiger partial charge in [-0.2, -0.15) is 0 Å². The summed E-state index contributed by atoms with van der Waals surface area (Å²) in [7, 11) is 0. The molecule has 0 spiro atoms. The third kappa shape index (κ3) is 6.98. The average Bonchev–Trinajstić information content (AvgIpc) is 2.78. The van der Waals surface area contributed by atoms with Crippen molar-refractivity contribution < 1.29 is 33.8 Å². The van der Waals surface area contributed by atoms with E-state index in [-0.39, 0.29) is 51.0 Å². The highest BCUT2D eigenvalue weighted by Gasteiger charge is 2.22. The van der Waals surface area contributed by atoms with Crippen molar-refractivity contribution in [1.82, 2.24) is 4.90 Å². The Morgan fingerprint density at radius 2 is 1.64 bits per heavy atom. The fourth-order valence-corrected chi connectivity index (χ4v) is 1.74. The number of aliphatic carboxylic acids is 1. The lowest BCUT2D eigenvalue weighted by Gasteiger charge is -2.13. The highest BCUT2D eigenvalue weighted by molar-refractivity contribution is 6.12. The number of carboxylic acid groups (broad SMARTS) is 1. The van der Waals surface area contributed by atoms with Crippen LogP contribution in [0.2, 0.25) is 0 Å². The molecule has 1 rings (SSSR count). The van der Waals surface area contributed by atoms with E-state index in [1.807, 2.05) is 0 Å². The van der Waals surface area contributed by atoms with Crippen LogP contribution in [0.1, 0.15) is 25.7 Å². The second kappa shape index (κ2) is 9.67. The Hall–Kier alpha value is -2.22. The highest BCUT2D eigenvalue weighted by Crippen LogP contribution is 2.03. The van der Waals surface area contributed by atoms with E-state index in [9.17, 15) is 19.2 Å². The van der Waals surface area contributed by atoms with Gasteiger partial charge in [-0.05, 0) is 12.8 Å². The van der Waals surface area contributed by atoms with Gasteiger partial charge in [0.15, 0.2) is 0 Å². The van der Waals surface area contributed by atoms with Crippen LogP contribution in [0.3, 0.4) is 0 Å². The zero-order chi connectivity index (χ0) is 16.4. The molecule has 122 valence electrons. The molecule has 1 N–H and O–H groups in total. The Morgan fingerprint density at radius 1 is 1.00 bits per heavy atom. The van der Waals surface area contributed by atoms with E-state index in [2.05, 4.69) is 0 Å². The van der Waals surface area contributed by atoms with Gasteiger partial charge in [0.2, 0.25) is 0 Å². The van der Waals surface area contributed by atoms with Gasteiger partial charge in [0.25, 0.3) is 11.8 Å². The molecule has 0 aromatic carbocycles. The summed E-state index contributed by atoms with van der Waals surface area (Å²) in [5.41, 5.74) is 0. The Morgan fingerprint density at radius 3 is 2.27 bits per heavy atom. The number of imide groups is 1. The molecule has 8 nitrogen and oxygen atoms in total. The van der Waals surface area contributed by atoms with Crippen LogP contribution in [0.15, 0.2) is 12.2 Å². The molecular formula is C14H19NO7. The second-order valence-electron chi connectivity index (χ2n) is 4.60. The summed E-state index contributed by atoms with van der Waals surface area (Å²) in [5, 5.41) is 8.43. The number of hydrogen-bond donors (Lipinski definition) is 1. The van der Waals surface area contributed by atoms with Crippen molar-refractivity contribution in [1.29, 1.82) is 0 Å². The molecule has 8 heteroatoms. The third-order valence-corrected chi connectivity index (χ3v) is 2.87. The molecule has 0 atom stereocenters. The Labute approximate surface area is 127 Å². The molecule has 0 radical (unpaired) electrons. The van der Waals surface area contributed by atoms with Gasteiger partial charge >= 0.3 is 11.9 Å². The van der Waals surface area contributed by atoms with Crippen molar-refractivity contribution in [3.05, 3.63) is 12.2 Å². The summed E-state index contributed by atoms with van der Waals surface area (Å²) in [6.07, 6.45) is 3.53. The first-order valence-electron chi connectivity index (χ1n) is 6.99. The van der Waals surface area contributed by atoms with Gasteiger partial charge in [0.1, 0.15) is 6.61 Å². The van der Waals surface area contributed by atoms with Gasteiger partial charge in [-0.3, -0.25) is 24.1 Å². The molecule has 0 aliphatic carbocycles. The molecule has 22 heavy (non-hydrogen) atoms. The van der Waals surface area contributed by atoms with Crippen molar-refractivity contribution in [2.45, 2.75) is 25.7 Å². The fourth-order valence-electron chi connectivity index (χ4n) is 1.74. The predicted octanol–water partition coefficient (Wildman–Crippen LogP) is 0.116. The molecule has 1 aliphatic heterocycles. The first-order chi connectivity index (χ1) is 10.5. The molecule has 0 saturated heterocycles. The zero-order valence-corrected chi connectivity index (χ0v) is 12.2. The molecule has 0 unspecified atom stereocenters. The summed E-state index contributed by atoms with van der Waals surface area (Å²) in [6, 6.07) is 0. The summed E-state index contributed by atoms with van der Waals surface area (Å²) in [6.45, 7) is 0.589. The predicted molar refractivity (Wildman–Crippen MR) is 73.7 cm³/mol. The molecule has 1 aliphatic rings. The van der Waals surface area contributed by atoms with Crippen LogP contribution < -0.4 is 0 Å². The largest absolute Gasteiger partial charge is 0.481 e. The van der Waals surface area contributed by atoms with Crippen molar-refractivity contribution in [2.75, 3.05) is 26.4 Å². The number of carbonyl (C=O) groups is 4. The fraction of sp³-hybridized carbons (Fsp3) is 0.571.